The van der Waals surface area contributed by atoms with Crippen LogP contribution in [0.1, 0.15) is 39.6 Å². The molecule has 2 aliphatic heterocycles. The van der Waals surface area contributed by atoms with Crippen molar-refractivity contribution in [1.29, 1.82) is 0 Å². The number of hydrogen-bond acceptors (Lipinski definition) is 4. The second kappa shape index (κ2) is 10.2. The van der Waals surface area contributed by atoms with Gasteiger partial charge in [0.2, 0.25) is 0 Å². The molecule has 7 heteroatoms. The van der Waals surface area contributed by atoms with Gasteiger partial charge in [-0.2, -0.15) is 13.2 Å². The Hall–Kier alpha value is -4.23. The number of aldehydes is 1. The molecule has 0 spiro atoms. The van der Waals surface area contributed by atoms with E-state index in [9.17, 15) is 18.0 Å². The summed E-state index contributed by atoms with van der Waals surface area (Å²) < 4.78 is 39.6. The number of carbonyl (C=O) groups excluding carboxylic acids is 1. The fraction of sp³-hybridized carbons (Fsp3) is 0.188. The highest BCUT2D eigenvalue weighted by atomic mass is 19.4. The van der Waals surface area contributed by atoms with Crippen molar-refractivity contribution in [2.45, 2.75) is 31.7 Å². The van der Waals surface area contributed by atoms with Gasteiger partial charge < -0.3 is 10.1 Å². The van der Waals surface area contributed by atoms with E-state index in [2.05, 4.69) is 22.3 Å². The molecule has 0 fully saturated rings. The Kier molecular flexibility index (Phi) is 6.53. The largest absolute Gasteiger partial charge is 0.416 e. The molecule has 0 aliphatic carbocycles. The molecule has 6 rings (SSSR count). The Morgan fingerprint density at radius 1 is 0.949 bits per heavy atom. The SMILES string of the molecule is O=CC1NC=Cc2nc(-c3ccc(CN4CCc5ccc(C(F)(F)F)cc5C4)cc3)c(-c3ccccc3)cc21. The smallest absolute Gasteiger partial charge is 0.378 e. The molecule has 0 saturated carbocycles. The minimum absolute atomic E-state index is 0.446. The molecule has 0 saturated heterocycles. The quantitative estimate of drug-likeness (QED) is 0.291. The Morgan fingerprint density at radius 2 is 1.74 bits per heavy atom. The number of fused-ring (bicyclic) bond motifs is 2. The lowest BCUT2D eigenvalue weighted by Crippen LogP contribution is -2.30. The summed E-state index contributed by atoms with van der Waals surface area (Å²) in [6.07, 6.45) is 0.903. The van der Waals surface area contributed by atoms with Crippen molar-refractivity contribution in [3.05, 3.63) is 119 Å². The van der Waals surface area contributed by atoms with Crippen LogP contribution in [0.4, 0.5) is 13.2 Å². The number of nitrogens with zero attached hydrogens (tertiary/aromatic N) is 2. The minimum atomic E-state index is -4.34. The van der Waals surface area contributed by atoms with E-state index < -0.39 is 17.8 Å². The predicted molar refractivity (Wildman–Crippen MR) is 145 cm³/mol. The monoisotopic (exact) mass is 525 g/mol. The van der Waals surface area contributed by atoms with Gasteiger partial charge in [-0.25, -0.2) is 4.98 Å². The summed E-state index contributed by atoms with van der Waals surface area (Å²) in [4.78, 5) is 18.8. The van der Waals surface area contributed by atoms with Crippen LogP contribution in [0.3, 0.4) is 0 Å². The van der Waals surface area contributed by atoms with Gasteiger partial charge >= 0.3 is 6.18 Å². The van der Waals surface area contributed by atoms with Crippen LogP contribution in [-0.2, 0) is 30.5 Å². The van der Waals surface area contributed by atoms with Gasteiger partial charge in [0.25, 0.3) is 0 Å². The molecule has 0 radical (unpaired) electrons. The zero-order valence-corrected chi connectivity index (χ0v) is 21.1. The molecule has 0 amide bonds. The zero-order chi connectivity index (χ0) is 27.0. The Labute approximate surface area is 224 Å². The summed E-state index contributed by atoms with van der Waals surface area (Å²) >= 11 is 0. The molecule has 0 bridgehead atoms. The van der Waals surface area contributed by atoms with Crippen molar-refractivity contribution < 1.29 is 18.0 Å². The van der Waals surface area contributed by atoms with E-state index in [1.807, 2.05) is 54.6 Å². The molecule has 4 aromatic rings. The van der Waals surface area contributed by atoms with E-state index in [1.54, 1.807) is 12.3 Å². The lowest BCUT2D eigenvalue weighted by Gasteiger charge is -2.29. The summed E-state index contributed by atoms with van der Waals surface area (Å²) in [7, 11) is 0. The average Bonchev–Trinajstić information content (AvgIpc) is 2.96. The fourth-order valence-corrected chi connectivity index (χ4v) is 5.37. The Morgan fingerprint density at radius 3 is 2.49 bits per heavy atom. The van der Waals surface area contributed by atoms with Crippen LogP contribution < -0.4 is 5.32 Å². The van der Waals surface area contributed by atoms with Crippen molar-refractivity contribution in [2.24, 2.45) is 0 Å². The van der Waals surface area contributed by atoms with Crippen LogP contribution in [0.2, 0.25) is 0 Å². The van der Waals surface area contributed by atoms with Crippen LogP contribution in [0.15, 0.2) is 85.1 Å². The maximum absolute atomic E-state index is 13.2. The summed E-state index contributed by atoms with van der Waals surface area (Å²) in [6, 6.07) is 23.8. The van der Waals surface area contributed by atoms with E-state index in [4.69, 9.17) is 4.98 Å². The number of hydrogen-bond donors (Lipinski definition) is 1. The number of nitrogens with one attached hydrogen (secondary N) is 1. The second-order valence-corrected chi connectivity index (χ2v) is 9.98. The molecule has 3 heterocycles. The molecule has 1 N–H and O–H groups in total. The van der Waals surface area contributed by atoms with Gasteiger partial charge in [0.05, 0.1) is 17.0 Å². The van der Waals surface area contributed by atoms with Crippen molar-refractivity contribution in [1.82, 2.24) is 15.2 Å². The van der Waals surface area contributed by atoms with Crippen LogP contribution in [0.5, 0.6) is 0 Å². The third kappa shape index (κ3) is 5.10. The van der Waals surface area contributed by atoms with Crippen molar-refractivity contribution in [3.8, 4) is 22.4 Å². The highest BCUT2D eigenvalue weighted by Crippen LogP contribution is 2.36. The molecule has 1 atom stereocenters. The summed E-state index contributed by atoms with van der Waals surface area (Å²) in [5.41, 5.74) is 7.55. The molecule has 1 aromatic heterocycles. The van der Waals surface area contributed by atoms with Gasteiger partial charge in [-0.1, -0.05) is 60.7 Å². The van der Waals surface area contributed by atoms with Gasteiger partial charge in [-0.15, -0.1) is 0 Å². The molecule has 3 aromatic carbocycles. The third-order valence-electron chi connectivity index (χ3n) is 7.41. The highest BCUT2D eigenvalue weighted by molar-refractivity contribution is 5.84. The number of aromatic nitrogens is 1. The van der Waals surface area contributed by atoms with Crippen LogP contribution >= 0.6 is 0 Å². The van der Waals surface area contributed by atoms with E-state index in [-0.39, 0.29) is 0 Å². The summed E-state index contributed by atoms with van der Waals surface area (Å²) in [5, 5.41) is 3.08. The first-order valence-corrected chi connectivity index (χ1v) is 12.9. The normalized spacial score (nSPS) is 16.7. The maximum atomic E-state index is 13.2. The second-order valence-electron chi connectivity index (χ2n) is 9.98. The Bertz CT molecular complexity index is 1550. The fourth-order valence-electron chi connectivity index (χ4n) is 5.37. The van der Waals surface area contributed by atoms with E-state index in [0.29, 0.717) is 13.1 Å². The van der Waals surface area contributed by atoms with Crippen molar-refractivity contribution in [3.63, 3.8) is 0 Å². The first kappa shape index (κ1) is 25.1. The lowest BCUT2D eigenvalue weighted by atomic mass is 9.93. The van der Waals surface area contributed by atoms with Gasteiger partial charge in [0.1, 0.15) is 12.3 Å². The number of rotatable bonds is 5. The number of halogens is 3. The van der Waals surface area contributed by atoms with Gasteiger partial charge in [0, 0.05) is 36.3 Å². The van der Waals surface area contributed by atoms with Crippen LogP contribution in [0, 0.1) is 0 Å². The highest BCUT2D eigenvalue weighted by Gasteiger charge is 2.31. The average molecular weight is 526 g/mol. The molecule has 196 valence electrons. The minimum Gasteiger partial charge on any atom is -0.378 e. The number of pyridine rings is 1. The number of carbonyl (C=O) groups is 1. The van der Waals surface area contributed by atoms with E-state index >= 15 is 0 Å². The standard InChI is InChI=1S/C32H26F3N3O/c33-32(34,35)26-11-10-22-13-15-38(19-25(22)16-26)18-21-6-8-24(9-7-21)31-27(23-4-2-1-3-5-23)17-28-29(37-31)12-14-36-30(28)20-39/h1-12,14,16-17,20,30,36H,13,15,18-19H2. The van der Waals surface area contributed by atoms with E-state index in [0.717, 1.165) is 69.6 Å². The first-order valence-electron chi connectivity index (χ1n) is 12.9. The van der Waals surface area contributed by atoms with E-state index in [1.165, 1.54) is 12.1 Å². The Balaban J connectivity index is 1.27. The van der Waals surface area contributed by atoms with Crippen LogP contribution in [-0.4, -0.2) is 22.7 Å². The molecular formula is C32H26F3N3O. The van der Waals surface area contributed by atoms with Gasteiger partial charge in [0.15, 0.2) is 0 Å². The van der Waals surface area contributed by atoms with Crippen LogP contribution in [0.25, 0.3) is 28.5 Å². The molecule has 2 aliphatic rings. The summed E-state index contributed by atoms with van der Waals surface area (Å²) in [6.45, 7) is 1.93. The third-order valence-corrected chi connectivity index (χ3v) is 7.41. The predicted octanol–water partition coefficient (Wildman–Crippen LogP) is 6.81. The topological polar surface area (TPSA) is 45.2 Å². The van der Waals surface area contributed by atoms with Crippen molar-refractivity contribution >= 4 is 12.4 Å². The van der Waals surface area contributed by atoms with Crippen molar-refractivity contribution in [2.75, 3.05) is 6.54 Å². The first-order chi connectivity index (χ1) is 18.9. The molecule has 1 unspecified atom stereocenters. The summed E-state index contributed by atoms with van der Waals surface area (Å²) in [5.74, 6) is 0. The van der Waals surface area contributed by atoms with Gasteiger partial charge in [-0.05, 0) is 59.1 Å². The molecule has 4 nitrogen and oxygen atoms in total. The van der Waals surface area contributed by atoms with Gasteiger partial charge in [-0.3, -0.25) is 4.90 Å². The molecular weight excluding hydrogens is 499 g/mol. The zero-order valence-electron chi connectivity index (χ0n) is 21.1. The number of benzene rings is 3. The number of alkyl halides is 3. The maximum Gasteiger partial charge on any atom is 0.416 e. The lowest BCUT2D eigenvalue weighted by molar-refractivity contribution is -0.137. The molecule has 39 heavy (non-hydrogen) atoms.